The van der Waals surface area contributed by atoms with Crippen LogP contribution in [0, 0.1) is 5.92 Å². The zero-order valence-electron chi connectivity index (χ0n) is 11.8. The van der Waals surface area contributed by atoms with Crippen LogP contribution >= 0.6 is 0 Å². The number of hydrogen-bond acceptors (Lipinski definition) is 3. The summed E-state index contributed by atoms with van der Waals surface area (Å²) in [4.78, 5) is 0. The maximum Gasteiger partial charge on any atom is 0.0804 e. The maximum absolute atomic E-state index is 6.15. The van der Waals surface area contributed by atoms with Crippen LogP contribution in [0.5, 0.6) is 0 Å². The van der Waals surface area contributed by atoms with Crippen LogP contribution in [0.3, 0.4) is 0 Å². The topological polar surface area (TPSA) is 44.5 Å². The Labute approximate surface area is 111 Å². The molecule has 0 aromatic carbocycles. The highest BCUT2D eigenvalue weighted by Gasteiger charge is 2.33. The summed E-state index contributed by atoms with van der Waals surface area (Å²) in [6.07, 6.45) is 10.0. The Hall–Kier alpha value is -0.120. The van der Waals surface area contributed by atoms with Crippen LogP contribution in [-0.2, 0) is 9.47 Å². The molecule has 1 atom stereocenters. The van der Waals surface area contributed by atoms with Gasteiger partial charge in [-0.25, -0.2) is 0 Å². The molecule has 1 aliphatic carbocycles. The van der Waals surface area contributed by atoms with Crippen molar-refractivity contribution in [2.75, 3.05) is 19.8 Å². The Balaban J connectivity index is 1.64. The summed E-state index contributed by atoms with van der Waals surface area (Å²) in [5.41, 5.74) is 5.93. The second-order valence-corrected chi connectivity index (χ2v) is 6.20. The third-order valence-corrected chi connectivity index (χ3v) is 4.66. The van der Waals surface area contributed by atoms with Crippen LogP contribution in [-0.4, -0.2) is 31.5 Å². The van der Waals surface area contributed by atoms with E-state index in [9.17, 15) is 0 Å². The first-order valence-electron chi connectivity index (χ1n) is 7.70. The molecule has 2 aliphatic rings. The lowest BCUT2D eigenvalue weighted by atomic mass is 9.79. The second kappa shape index (κ2) is 6.88. The van der Waals surface area contributed by atoms with E-state index >= 15 is 0 Å². The van der Waals surface area contributed by atoms with Gasteiger partial charge in [0.2, 0.25) is 0 Å². The molecule has 1 saturated heterocycles. The third-order valence-electron chi connectivity index (χ3n) is 4.66. The molecular formula is C15H29NO2. The molecule has 3 heteroatoms. The van der Waals surface area contributed by atoms with Crippen molar-refractivity contribution in [2.45, 2.75) is 70.0 Å². The Morgan fingerprint density at radius 3 is 2.67 bits per heavy atom. The first-order chi connectivity index (χ1) is 8.74. The molecule has 0 aromatic heterocycles. The summed E-state index contributed by atoms with van der Waals surface area (Å²) in [7, 11) is 0. The summed E-state index contributed by atoms with van der Waals surface area (Å²) >= 11 is 0. The normalized spacial score (nSPS) is 37.0. The average molecular weight is 255 g/mol. The SMILES string of the molecule is CC1CCC(CN)(OCCCC2CCCO2)CC1. The molecule has 0 aromatic rings. The van der Waals surface area contributed by atoms with E-state index in [1.54, 1.807) is 0 Å². The first-order valence-corrected chi connectivity index (χ1v) is 7.70. The monoisotopic (exact) mass is 255 g/mol. The Morgan fingerprint density at radius 2 is 2.06 bits per heavy atom. The smallest absolute Gasteiger partial charge is 0.0804 e. The van der Waals surface area contributed by atoms with Gasteiger partial charge in [0.05, 0.1) is 11.7 Å². The zero-order chi connectivity index (χ0) is 12.8. The quantitative estimate of drug-likeness (QED) is 0.742. The predicted molar refractivity (Wildman–Crippen MR) is 73.6 cm³/mol. The molecule has 18 heavy (non-hydrogen) atoms. The molecule has 2 fully saturated rings. The minimum atomic E-state index is -0.0109. The standard InChI is InChI=1S/C15H29NO2/c1-13-6-8-15(12-16,9-7-13)18-11-3-5-14-4-2-10-17-14/h13-14H,2-12,16H2,1H3. The molecule has 0 radical (unpaired) electrons. The van der Waals surface area contributed by atoms with E-state index in [2.05, 4.69) is 6.92 Å². The summed E-state index contributed by atoms with van der Waals surface area (Å²) in [6.45, 7) is 4.82. The van der Waals surface area contributed by atoms with E-state index in [0.717, 1.165) is 44.8 Å². The van der Waals surface area contributed by atoms with E-state index in [1.807, 2.05) is 0 Å². The Morgan fingerprint density at radius 1 is 1.28 bits per heavy atom. The molecule has 3 nitrogen and oxygen atoms in total. The maximum atomic E-state index is 6.15. The van der Waals surface area contributed by atoms with Crippen molar-refractivity contribution >= 4 is 0 Å². The van der Waals surface area contributed by atoms with E-state index in [0.29, 0.717) is 12.6 Å². The minimum Gasteiger partial charge on any atom is -0.378 e. The van der Waals surface area contributed by atoms with Gasteiger partial charge in [-0.2, -0.15) is 0 Å². The van der Waals surface area contributed by atoms with Crippen molar-refractivity contribution in [1.29, 1.82) is 0 Å². The number of hydrogen-bond donors (Lipinski definition) is 1. The molecule has 1 unspecified atom stereocenters. The van der Waals surface area contributed by atoms with E-state index in [-0.39, 0.29) is 5.60 Å². The van der Waals surface area contributed by atoms with Gasteiger partial charge >= 0.3 is 0 Å². The van der Waals surface area contributed by atoms with Gasteiger partial charge in [0.1, 0.15) is 0 Å². The molecule has 1 aliphatic heterocycles. The van der Waals surface area contributed by atoms with Crippen molar-refractivity contribution in [2.24, 2.45) is 11.7 Å². The van der Waals surface area contributed by atoms with Gasteiger partial charge in [0.15, 0.2) is 0 Å². The van der Waals surface area contributed by atoms with Gasteiger partial charge in [0, 0.05) is 19.8 Å². The average Bonchev–Trinajstić information content (AvgIpc) is 2.90. The third kappa shape index (κ3) is 3.94. The van der Waals surface area contributed by atoms with Crippen molar-refractivity contribution in [3.8, 4) is 0 Å². The lowest BCUT2D eigenvalue weighted by Gasteiger charge is -2.38. The highest BCUT2D eigenvalue weighted by Crippen LogP contribution is 2.34. The fraction of sp³-hybridized carbons (Fsp3) is 1.00. The lowest BCUT2D eigenvalue weighted by Crippen LogP contribution is -2.44. The van der Waals surface area contributed by atoms with Crippen LogP contribution in [0.1, 0.15) is 58.3 Å². The molecule has 1 heterocycles. The number of nitrogens with two attached hydrogens (primary N) is 1. The zero-order valence-corrected chi connectivity index (χ0v) is 11.8. The molecular weight excluding hydrogens is 226 g/mol. The van der Waals surface area contributed by atoms with Gasteiger partial charge in [-0.3, -0.25) is 0 Å². The number of ether oxygens (including phenoxy) is 2. The van der Waals surface area contributed by atoms with Gasteiger partial charge in [0.25, 0.3) is 0 Å². The van der Waals surface area contributed by atoms with Gasteiger partial charge in [-0.15, -0.1) is 0 Å². The Kier molecular flexibility index (Phi) is 5.46. The molecule has 1 saturated carbocycles. The van der Waals surface area contributed by atoms with E-state index in [1.165, 1.54) is 25.7 Å². The van der Waals surface area contributed by atoms with Crippen LogP contribution < -0.4 is 5.73 Å². The van der Waals surface area contributed by atoms with Crippen molar-refractivity contribution in [3.05, 3.63) is 0 Å². The number of rotatable bonds is 6. The Bertz CT molecular complexity index is 231. The summed E-state index contributed by atoms with van der Waals surface area (Å²) in [6, 6.07) is 0. The van der Waals surface area contributed by atoms with Crippen LogP contribution in [0.4, 0.5) is 0 Å². The van der Waals surface area contributed by atoms with Crippen molar-refractivity contribution < 1.29 is 9.47 Å². The minimum absolute atomic E-state index is 0.0109. The summed E-state index contributed by atoms with van der Waals surface area (Å²) < 4.78 is 11.8. The highest BCUT2D eigenvalue weighted by molar-refractivity contribution is 4.87. The second-order valence-electron chi connectivity index (χ2n) is 6.20. The summed E-state index contributed by atoms with van der Waals surface area (Å²) in [5, 5.41) is 0. The highest BCUT2D eigenvalue weighted by atomic mass is 16.5. The molecule has 2 N–H and O–H groups in total. The van der Waals surface area contributed by atoms with Gasteiger partial charge in [-0.1, -0.05) is 6.92 Å². The summed E-state index contributed by atoms with van der Waals surface area (Å²) in [5.74, 6) is 0.847. The lowest BCUT2D eigenvalue weighted by molar-refractivity contribution is -0.0731. The molecule has 2 rings (SSSR count). The molecule has 0 spiro atoms. The van der Waals surface area contributed by atoms with Crippen LogP contribution in [0.2, 0.25) is 0 Å². The van der Waals surface area contributed by atoms with Crippen molar-refractivity contribution in [1.82, 2.24) is 0 Å². The van der Waals surface area contributed by atoms with Gasteiger partial charge in [-0.05, 0) is 57.3 Å². The largest absolute Gasteiger partial charge is 0.378 e. The van der Waals surface area contributed by atoms with E-state index < -0.39 is 0 Å². The van der Waals surface area contributed by atoms with Gasteiger partial charge < -0.3 is 15.2 Å². The van der Waals surface area contributed by atoms with E-state index in [4.69, 9.17) is 15.2 Å². The fourth-order valence-electron chi connectivity index (χ4n) is 3.17. The first kappa shape index (κ1) is 14.3. The van der Waals surface area contributed by atoms with Crippen LogP contribution in [0.15, 0.2) is 0 Å². The van der Waals surface area contributed by atoms with Crippen molar-refractivity contribution in [3.63, 3.8) is 0 Å². The van der Waals surface area contributed by atoms with Crippen LogP contribution in [0.25, 0.3) is 0 Å². The molecule has 0 amide bonds. The fourth-order valence-corrected chi connectivity index (χ4v) is 3.17. The molecule has 0 bridgehead atoms. The predicted octanol–water partition coefficient (Wildman–Crippen LogP) is 2.87. The molecule has 106 valence electrons.